The van der Waals surface area contributed by atoms with Crippen molar-refractivity contribution in [3.63, 3.8) is 0 Å². The van der Waals surface area contributed by atoms with Crippen molar-refractivity contribution >= 4 is 11.6 Å². The van der Waals surface area contributed by atoms with Gasteiger partial charge in [0.1, 0.15) is 5.75 Å². The van der Waals surface area contributed by atoms with Crippen LogP contribution in [0.2, 0.25) is 0 Å². The molecule has 0 radical (unpaired) electrons. The van der Waals surface area contributed by atoms with Crippen LogP contribution >= 0.6 is 0 Å². The fourth-order valence-corrected chi connectivity index (χ4v) is 1.97. The second-order valence-corrected chi connectivity index (χ2v) is 4.77. The van der Waals surface area contributed by atoms with Gasteiger partial charge in [0.15, 0.2) is 5.75 Å². The molecule has 21 heavy (non-hydrogen) atoms. The van der Waals surface area contributed by atoms with Crippen molar-refractivity contribution in [3.05, 3.63) is 54.1 Å². The smallest absolute Gasteiger partial charge is 0.221 e. The van der Waals surface area contributed by atoms with E-state index in [1.807, 2.05) is 31.2 Å². The van der Waals surface area contributed by atoms with Gasteiger partial charge in [-0.1, -0.05) is 31.2 Å². The molecule has 0 heterocycles. The lowest BCUT2D eigenvalue weighted by atomic mass is 10.1. The Labute approximate surface area is 124 Å². The van der Waals surface area contributed by atoms with Crippen LogP contribution in [0, 0.1) is 0 Å². The van der Waals surface area contributed by atoms with E-state index in [-0.39, 0.29) is 5.91 Å². The van der Waals surface area contributed by atoms with Gasteiger partial charge in [0, 0.05) is 6.92 Å². The number of carbonyl (C=O) groups excluding carboxylic acids is 1. The number of hydrogen-bond donors (Lipinski definition) is 2. The zero-order chi connectivity index (χ0) is 15.2. The van der Waals surface area contributed by atoms with E-state index in [4.69, 9.17) is 4.74 Å². The van der Waals surface area contributed by atoms with E-state index in [1.54, 1.807) is 24.3 Å². The van der Waals surface area contributed by atoms with Gasteiger partial charge in [-0.25, -0.2) is 0 Å². The number of ether oxygens (including phenoxy) is 1. The largest absolute Gasteiger partial charge is 0.455 e. The zero-order valence-corrected chi connectivity index (χ0v) is 12.2. The van der Waals surface area contributed by atoms with Gasteiger partial charge in [0.25, 0.3) is 0 Å². The van der Waals surface area contributed by atoms with Gasteiger partial charge in [-0.05, 0) is 36.2 Å². The minimum Gasteiger partial charge on any atom is -0.455 e. The minimum absolute atomic E-state index is 0.146. The van der Waals surface area contributed by atoms with Gasteiger partial charge in [-0.15, -0.1) is 0 Å². The molecule has 0 aromatic heterocycles. The standard InChI is InChI=1S/C17H19NO3/c1-3-16(20)13-8-10-14(11-9-13)21-17-7-5-4-6-15(17)18-12(2)19/h4-11,16,20H,3H2,1-2H3,(H,18,19)/t16-/m0/s1. The Morgan fingerprint density at radius 2 is 1.86 bits per heavy atom. The van der Waals surface area contributed by atoms with Gasteiger partial charge in [-0.2, -0.15) is 0 Å². The fourth-order valence-electron chi connectivity index (χ4n) is 1.97. The molecule has 1 atom stereocenters. The molecule has 2 aromatic rings. The molecule has 2 rings (SSSR count). The topological polar surface area (TPSA) is 58.6 Å². The third-order valence-electron chi connectivity index (χ3n) is 3.08. The molecule has 0 saturated carbocycles. The maximum atomic E-state index is 11.2. The number of para-hydroxylation sites is 2. The summed E-state index contributed by atoms with van der Waals surface area (Å²) >= 11 is 0. The molecule has 0 unspecified atom stereocenters. The predicted octanol–water partition coefficient (Wildman–Crippen LogP) is 3.88. The molecule has 0 fully saturated rings. The van der Waals surface area contributed by atoms with E-state index in [0.717, 1.165) is 5.56 Å². The Hall–Kier alpha value is -2.33. The molecule has 0 bridgehead atoms. The molecule has 4 heteroatoms. The van der Waals surface area contributed by atoms with Crippen LogP contribution in [0.25, 0.3) is 0 Å². The van der Waals surface area contributed by atoms with Crippen molar-refractivity contribution in [2.75, 3.05) is 5.32 Å². The summed E-state index contributed by atoms with van der Waals surface area (Å²) in [6.07, 6.45) is 0.219. The van der Waals surface area contributed by atoms with E-state index in [2.05, 4.69) is 5.32 Å². The third kappa shape index (κ3) is 4.07. The number of hydrogen-bond acceptors (Lipinski definition) is 3. The Morgan fingerprint density at radius 1 is 1.19 bits per heavy atom. The summed E-state index contributed by atoms with van der Waals surface area (Å²) < 4.78 is 5.78. The minimum atomic E-state index is -0.453. The summed E-state index contributed by atoms with van der Waals surface area (Å²) in [5, 5.41) is 12.5. The number of amides is 1. The second-order valence-electron chi connectivity index (χ2n) is 4.77. The molecule has 0 spiro atoms. The van der Waals surface area contributed by atoms with E-state index >= 15 is 0 Å². The first-order valence-electron chi connectivity index (χ1n) is 6.92. The number of nitrogens with one attached hydrogen (secondary N) is 1. The Kier molecular flexibility index (Phi) is 4.95. The first kappa shape index (κ1) is 15.1. The van der Waals surface area contributed by atoms with Crippen molar-refractivity contribution in [2.45, 2.75) is 26.4 Å². The van der Waals surface area contributed by atoms with Crippen LogP contribution in [-0.4, -0.2) is 11.0 Å². The van der Waals surface area contributed by atoms with Crippen LogP contribution in [0.15, 0.2) is 48.5 Å². The van der Waals surface area contributed by atoms with Crippen LogP contribution in [0.3, 0.4) is 0 Å². The first-order valence-corrected chi connectivity index (χ1v) is 6.92. The van der Waals surface area contributed by atoms with E-state index in [9.17, 15) is 9.90 Å². The molecule has 4 nitrogen and oxygen atoms in total. The normalized spacial score (nSPS) is 11.8. The number of anilines is 1. The molecule has 0 saturated heterocycles. The highest BCUT2D eigenvalue weighted by molar-refractivity contribution is 5.90. The quantitative estimate of drug-likeness (QED) is 0.876. The lowest BCUT2D eigenvalue weighted by Gasteiger charge is -2.12. The van der Waals surface area contributed by atoms with Gasteiger partial charge < -0.3 is 15.2 Å². The third-order valence-corrected chi connectivity index (χ3v) is 3.08. The highest BCUT2D eigenvalue weighted by atomic mass is 16.5. The van der Waals surface area contributed by atoms with Crippen molar-refractivity contribution in [2.24, 2.45) is 0 Å². The molecule has 1 amide bonds. The van der Waals surface area contributed by atoms with Crippen LogP contribution < -0.4 is 10.1 Å². The highest BCUT2D eigenvalue weighted by Gasteiger charge is 2.07. The lowest BCUT2D eigenvalue weighted by molar-refractivity contribution is -0.114. The van der Waals surface area contributed by atoms with Crippen LogP contribution in [0.1, 0.15) is 31.9 Å². The van der Waals surface area contributed by atoms with Crippen molar-refractivity contribution in [1.82, 2.24) is 0 Å². The second kappa shape index (κ2) is 6.90. The molecule has 0 aliphatic rings. The summed E-state index contributed by atoms with van der Waals surface area (Å²) in [5.41, 5.74) is 1.49. The number of aliphatic hydroxyl groups excluding tert-OH is 1. The Balaban J connectivity index is 2.16. The SMILES string of the molecule is CC[C@H](O)c1ccc(Oc2ccccc2NC(C)=O)cc1. The van der Waals surface area contributed by atoms with Crippen LogP contribution in [-0.2, 0) is 4.79 Å². The molecule has 2 N–H and O–H groups in total. The number of carbonyl (C=O) groups is 1. The maximum absolute atomic E-state index is 11.2. The average molecular weight is 285 g/mol. The molecule has 110 valence electrons. The van der Waals surface area contributed by atoms with Crippen LogP contribution in [0.5, 0.6) is 11.5 Å². The summed E-state index contributed by atoms with van der Waals surface area (Å²) in [4.78, 5) is 11.2. The van der Waals surface area contributed by atoms with Gasteiger partial charge in [0.05, 0.1) is 11.8 Å². The molecular weight excluding hydrogens is 266 g/mol. The van der Waals surface area contributed by atoms with Gasteiger partial charge in [-0.3, -0.25) is 4.79 Å². The highest BCUT2D eigenvalue weighted by Crippen LogP contribution is 2.30. The monoisotopic (exact) mass is 285 g/mol. The summed E-state index contributed by atoms with van der Waals surface area (Å²) in [5.74, 6) is 1.09. The maximum Gasteiger partial charge on any atom is 0.221 e. The van der Waals surface area contributed by atoms with E-state index in [1.165, 1.54) is 6.92 Å². The van der Waals surface area contributed by atoms with Gasteiger partial charge in [0.2, 0.25) is 5.91 Å². The van der Waals surface area contributed by atoms with Crippen LogP contribution in [0.4, 0.5) is 5.69 Å². The molecule has 2 aromatic carbocycles. The summed E-state index contributed by atoms with van der Waals surface area (Å²) in [6, 6.07) is 14.5. The van der Waals surface area contributed by atoms with Gasteiger partial charge >= 0.3 is 0 Å². The number of benzene rings is 2. The number of rotatable bonds is 5. The van der Waals surface area contributed by atoms with Crippen molar-refractivity contribution in [1.29, 1.82) is 0 Å². The molecule has 0 aliphatic carbocycles. The lowest BCUT2D eigenvalue weighted by Crippen LogP contribution is -2.06. The van der Waals surface area contributed by atoms with Crippen molar-refractivity contribution < 1.29 is 14.6 Å². The first-order chi connectivity index (χ1) is 10.1. The average Bonchev–Trinajstić information content (AvgIpc) is 2.49. The molecule has 0 aliphatic heterocycles. The zero-order valence-electron chi connectivity index (χ0n) is 12.2. The van der Waals surface area contributed by atoms with E-state index < -0.39 is 6.10 Å². The van der Waals surface area contributed by atoms with E-state index in [0.29, 0.717) is 23.6 Å². The summed E-state index contributed by atoms with van der Waals surface area (Å²) in [7, 11) is 0. The van der Waals surface area contributed by atoms with Crippen molar-refractivity contribution in [3.8, 4) is 11.5 Å². The number of aliphatic hydroxyl groups is 1. The predicted molar refractivity (Wildman–Crippen MR) is 82.5 cm³/mol. The molecular formula is C17H19NO3. The summed E-state index contributed by atoms with van der Waals surface area (Å²) in [6.45, 7) is 3.39. The fraction of sp³-hybridized carbons (Fsp3) is 0.235. The Morgan fingerprint density at radius 3 is 2.48 bits per heavy atom. The Bertz CT molecular complexity index is 608.